The van der Waals surface area contributed by atoms with E-state index in [0.29, 0.717) is 10.0 Å². The molecule has 0 unspecified atom stereocenters. The molecule has 122 valence electrons. The number of aromatic nitrogens is 2. The summed E-state index contributed by atoms with van der Waals surface area (Å²) in [5.41, 5.74) is 0.738. The van der Waals surface area contributed by atoms with Gasteiger partial charge < -0.3 is 15.1 Å². The molecule has 1 aliphatic heterocycles. The van der Waals surface area contributed by atoms with Gasteiger partial charge in [-0.25, -0.2) is 9.97 Å². The Kier molecular flexibility index (Phi) is 4.90. The van der Waals surface area contributed by atoms with E-state index in [-0.39, 0.29) is 0 Å². The van der Waals surface area contributed by atoms with Crippen LogP contribution in [0.15, 0.2) is 24.3 Å². The highest BCUT2D eigenvalue weighted by atomic mass is 35.5. The molecule has 0 bridgehead atoms. The Morgan fingerprint density at radius 3 is 2.57 bits per heavy atom. The Balaban J connectivity index is 1.84. The van der Waals surface area contributed by atoms with E-state index < -0.39 is 0 Å². The number of rotatable bonds is 3. The summed E-state index contributed by atoms with van der Waals surface area (Å²) in [4.78, 5) is 13.6. The van der Waals surface area contributed by atoms with Gasteiger partial charge in [-0.3, -0.25) is 0 Å². The minimum atomic E-state index is 0.492. The second kappa shape index (κ2) is 6.91. The first kappa shape index (κ1) is 16.3. The SMILES string of the molecule is Cc1nc(Nc2cccc(Cl)c2Cl)cc(N2CCN(C)CC2)n1. The van der Waals surface area contributed by atoms with Crippen molar-refractivity contribution in [2.24, 2.45) is 0 Å². The minimum absolute atomic E-state index is 0.492. The van der Waals surface area contributed by atoms with E-state index >= 15 is 0 Å². The average molecular weight is 352 g/mol. The van der Waals surface area contributed by atoms with Gasteiger partial charge in [0.2, 0.25) is 0 Å². The lowest BCUT2D eigenvalue weighted by Crippen LogP contribution is -2.44. The summed E-state index contributed by atoms with van der Waals surface area (Å²) in [6.45, 7) is 5.89. The van der Waals surface area contributed by atoms with Gasteiger partial charge in [0.05, 0.1) is 15.7 Å². The fraction of sp³-hybridized carbons (Fsp3) is 0.375. The summed E-state index contributed by atoms with van der Waals surface area (Å²) in [5, 5.41) is 4.25. The summed E-state index contributed by atoms with van der Waals surface area (Å²) in [6.07, 6.45) is 0. The van der Waals surface area contributed by atoms with E-state index in [9.17, 15) is 0 Å². The molecular weight excluding hydrogens is 333 g/mol. The highest BCUT2D eigenvalue weighted by molar-refractivity contribution is 6.43. The number of nitrogens with zero attached hydrogens (tertiary/aromatic N) is 4. The zero-order valence-electron chi connectivity index (χ0n) is 13.2. The largest absolute Gasteiger partial charge is 0.354 e. The van der Waals surface area contributed by atoms with E-state index in [2.05, 4.69) is 32.1 Å². The first-order valence-corrected chi connectivity index (χ1v) is 8.29. The topological polar surface area (TPSA) is 44.3 Å². The first-order chi connectivity index (χ1) is 11.0. The zero-order chi connectivity index (χ0) is 16.4. The van der Waals surface area contributed by atoms with E-state index in [1.54, 1.807) is 6.07 Å². The molecule has 0 spiro atoms. The lowest BCUT2D eigenvalue weighted by molar-refractivity contribution is 0.312. The van der Waals surface area contributed by atoms with Crippen LogP contribution in [0.4, 0.5) is 17.3 Å². The lowest BCUT2D eigenvalue weighted by atomic mass is 10.3. The Bertz CT molecular complexity index is 699. The van der Waals surface area contributed by atoms with Gasteiger partial charge in [-0.2, -0.15) is 0 Å². The third-order valence-electron chi connectivity index (χ3n) is 3.87. The van der Waals surface area contributed by atoms with Gasteiger partial charge in [0.1, 0.15) is 17.5 Å². The maximum atomic E-state index is 6.23. The number of piperazine rings is 1. The fourth-order valence-corrected chi connectivity index (χ4v) is 2.90. The van der Waals surface area contributed by atoms with Crippen LogP contribution in [-0.2, 0) is 0 Å². The highest BCUT2D eigenvalue weighted by Gasteiger charge is 2.17. The van der Waals surface area contributed by atoms with Crippen LogP contribution < -0.4 is 10.2 Å². The Labute approximate surface area is 146 Å². The van der Waals surface area contributed by atoms with E-state index in [1.165, 1.54) is 0 Å². The number of anilines is 3. The molecule has 2 aromatic rings. The van der Waals surface area contributed by atoms with Crippen molar-refractivity contribution in [2.45, 2.75) is 6.92 Å². The number of likely N-dealkylation sites (N-methyl/N-ethyl adjacent to an activating group) is 1. The Hall–Kier alpha value is -1.56. The maximum absolute atomic E-state index is 6.23. The van der Waals surface area contributed by atoms with Gasteiger partial charge in [-0.15, -0.1) is 0 Å². The van der Waals surface area contributed by atoms with Crippen molar-refractivity contribution in [3.63, 3.8) is 0 Å². The smallest absolute Gasteiger partial charge is 0.136 e. The normalized spacial score (nSPS) is 15.7. The average Bonchev–Trinajstić information content (AvgIpc) is 2.52. The molecule has 1 fully saturated rings. The predicted molar refractivity (Wildman–Crippen MR) is 96.2 cm³/mol. The van der Waals surface area contributed by atoms with E-state index in [0.717, 1.165) is 49.3 Å². The van der Waals surface area contributed by atoms with Crippen molar-refractivity contribution in [1.29, 1.82) is 0 Å². The number of nitrogens with one attached hydrogen (secondary N) is 1. The summed E-state index contributed by atoms with van der Waals surface area (Å²) >= 11 is 12.3. The van der Waals surface area contributed by atoms with Crippen LogP contribution in [0.2, 0.25) is 10.0 Å². The molecular formula is C16H19Cl2N5. The molecule has 1 N–H and O–H groups in total. The van der Waals surface area contributed by atoms with Gasteiger partial charge >= 0.3 is 0 Å². The van der Waals surface area contributed by atoms with Crippen molar-refractivity contribution >= 4 is 40.5 Å². The van der Waals surface area contributed by atoms with Gasteiger partial charge in [0, 0.05) is 32.2 Å². The molecule has 0 radical (unpaired) electrons. The van der Waals surface area contributed by atoms with Crippen LogP contribution >= 0.6 is 23.2 Å². The molecule has 7 heteroatoms. The summed E-state index contributed by atoms with van der Waals surface area (Å²) < 4.78 is 0. The number of hydrogen-bond donors (Lipinski definition) is 1. The van der Waals surface area contributed by atoms with Crippen LogP contribution in [0, 0.1) is 6.92 Å². The van der Waals surface area contributed by atoms with Gasteiger partial charge in [-0.05, 0) is 26.1 Å². The third-order valence-corrected chi connectivity index (χ3v) is 4.68. The fourth-order valence-electron chi connectivity index (χ4n) is 2.55. The number of hydrogen-bond acceptors (Lipinski definition) is 5. The molecule has 1 saturated heterocycles. The van der Waals surface area contributed by atoms with Crippen LogP contribution in [0.25, 0.3) is 0 Å². The maximum Gasteiger partial charge on any atom is 0.136 e. The second-order valence-corrected chi connectivity index (χ2v) is 6.46. The predicted octanol–water partition coefficient (Wildman–Crippen LogP) is 3.59. The molecule has 23 heavy (non-hydrogen) atoms. The molecule has 0 atom stereocenters. The summed E-state index contributed by atoms with van der Waals surface area (Å²) in [7, 11) is 2.14. The van der Waals surface area contributed by atoms with Crippen molar-refractivity contribution in [3.8, 4) is 0 Å². The van der Waals surface area contributed by atoms with Gasteiger partial charge in [-0.1, -0.05) is 29.3 Å². The lowest BCUT2D eigenvalue weighted by Gasteiger charge is -2.33. The van der Waals surface area contributed by atoms with Crippen molar-refractivity contribution in [1.82, 2.24) is 14.9 Å². The minimum Gasteiger partial charge on any atom is -0.354 e. The molecule has 1 aliphatic rings. The summed E-state index contributed by atoms with van der Waals surface area (Å²) in [6, 6.07) is 7.44. The quantitative estimate of drug-likeness (QED) is 0.915. The van der Waals surface area contributed by atoms with Crippen molar-refractivity contribution in [2.75, 3.05) is 43.4 Å². The number of aryl methyl sites for hydroxylation is 1. The van der Waals surface area contributed by atoms with Crippen LogP contribution in [0.1, 0.15) is 5.82 Å². The molecule has 5 nitrogen and oxygen atoms in total. The van der Waals surface area contributed by atoms with Gasteiger partial charge in [0.25, 0.3) is 0 Å². The molecule has 2 heterocycles. The number of halogens is 2. The Morgan fingerprint density at radius 1 is 1.09 bits per heavy atom. The molecule has 0 aliphatic carbocycles. The Morgan fingerprint density at radius 2 is 1.83 bits per heavy atom. The number of benzene rings is 1. The summed E-state index contributed by atoms with van der Waals surface area (Å²) in [5.74, 6) is 2.38. The highest BCUT2D eigenvalue weighted by Crippen LogP contribution is 2.31. The zero-order valence-corrected chi connectivity index (χ0v) is 14.7. The van der Waals surface area contributed by atoms with Crippen LogP contribution in [0.5, 0.6) is 0 Å². The standard InChI is InChI=1S/C16H19Cl2N5/c1-11-19-14(21-13-5-3-4-12(17)16(13)18)10-15(20-11)23-8-6-22(2)7-9-23/h3-5,10H,6-9H2,1-2H3,(H,19,20,21). The van der Waals surface area contributed by atoms with Crippen molar-refractivity contribution < 1.29 is 0 Å². The molecule has 3 rings (SSSR count). The van der Waals surface area contributed by atoms with Crippen LogP contribution in [-0.4, -0.2) is 48.1 Å². The van der Waals surface area contributed by atoms with Crippen molar-refractivity contribution in [3.05, 3.63) is 40.1 Å². The molecule has 1 aromatic heterocycles. The third kappa shape index (κ3) is 3.86. The first-order valence-electron chi connectivity index (χ1n) is 7.53. The van der Waals surface area contributed by atoms with Crippen LogP contribution in [0.3, 0.4) is 0 Å². The van der Waals surface area contributed by atoms with E-state index in [1.807, 2.05) is 25.1 Å². The monoisotopic (exact) mass is 351 g/mol. The second-order valence-electron chi connectivity index (χ2n) is 5.68. The molecule has 0 saturated carbocycles. The molecule has 1 aromatic carbocycles. The van der Waals surface area contributed by atoms with Gasteiger partial charge in [0.15, 0.2) is 0 Å². The van der Waals surface area contributed by atoms with E-state index in [4.69, 9.17) is 23.2 Å². The molecule has 0 amide bonds.